The molecule has 0 unspecified atom stereocenters. The number of rotatable bonds is 3. The molecule has 0 fully saturated rings. The number of hydrogen-bond donors (Lipinski definition) is 1. The molecule has 7 heteroatoms. The maximum Gasteiger partial charge on any atom is 0.573 e. The van der Waals surface area contributed by atoms with Gasteiger partial charge in [0.25, 0.3) is 0 Å². The van der Waals surface area contributed by atoms with E-state index < -0.39 is 17.9 Å². The van der Waals surface area contributed by atoms with Crippen LogP contribution in [0.1, 0.15) is 0 Å². The third-order valence-electron chi connectivity index (χ3n) is 2.72. The number of nitrogen functional groups attached to an aromatic ring is 1. The van der Waals surface area contributed by atoms with E-state index in [0.717, 1.165) is 18.2 Å². The summed E-state index contributed by atoms with van der Waals surface area (Å²) in [4.78, 5) is 0. The lowest BCUT2D eigenvalue weighted by Gasteiger charge is -2.13. The van der Waals surface area contributed by atoms with Crippen molar-refractivity contribution in [3.05, 3.63) is 42.2 Å². The molecule has 0 aromatic heterocycles. The molecule has 0 saturated heterocycles. The van der Waals surface area contributed by atoms with Crippen molar-refractivity contribution < 1.29 is 27.0 Å². The maximum atomic E-state index is 14.0. The molecular formula is C14H11F4NO2. The third-order valence-corrected chi connectivity index (χ3v) is 2.72. The van der Waals surface area contributed by atoms with Crippen molar-refractivity contribution in [2.75, 3.05) is 12.8 Å². The molecule has 2 N–H and O–H groups in total. The summed E-state index contributed by atoms with van der Waals surface area (Å²) in [5.41, 5.74) is 5.99. The van der Waals surface area contributed by atoms with E-state index in [1.807, 2.05) is 0 Å². The summed E-state index contributed by atoms with van der Waals surface area (Å²) in [6, 6.07) is 7.29. The van der Waals surface area contributed by atoms with Crippen LogP contribution in [0.2, 0.25) is 0 Å². The van der Waals surface area contributed by atoms with Gasteiger partial charge in [-0.2, -0.15) is 0 Å². The number of alkyl halides is 3. The van der Waals surface area contributed by atoms with Crippen LogP contribution in [-0.2, 0) is 0 Å². The minimum absolute atomic E-state index is 0.0564. The topological polar surface area (TPSA) is 44.5 Å². The van der Waals surface area contributed by atoms with Crippen molar-refractivity contribution in [3.8, 4) is 22.6 Å². The van der Waals surface area contributed by atoms with Gasteiger partial charge in [-0.05, 0) is 30.3 Å². The average molecular weight is 301 g/mol. The smallest absolute Gasteiger partial charge is 0.497 e. The number of hydrogen-bond acceptors (Lipinski definition) is 3. The zero-order valence-electron chi connectivity index (χ0n) is 10.9. The zero-order chi connectivity index (χ0) is 15.6. The number of methoxy groups -OCH3 is 1. The van der Waals surface area contributed by atoms with Gasteiger partial charge in [0, 0.05) is 22.9 Å². The monoisotopic (exact) mass is 301 g/mol. The lowest BCUT2D eigenvalue weighted by atomic mass is 10.0. The van der Waals surface area contributed by atoms with E-state index in [-0.39, 0.29) is 22.6 Å². The van der Waals surface area contributed by atoms with Gasteiger partial charge in [-0.25, -0.2) is 4.39 Å². The zero-order valence-corrected chi connectivity index (χ0v) is 10.9. The highest BCUT2D eigenvalue weighted by atomic mass is 19.4. The van der Waals surface area contributed by atoms with Crippen LogP contribution in [0, 0.1) is 5.82 Å². The lowest BCUT2D eigenvalue weighted by molar-refractivity contribution is -0.274. The van der Waals surface area contributed by atoms with E-state index in [1.165, 1.54) is 25.3 Å². The van der Waals surface area contributed by atoms with Gasteiger partial charge in [0.1, 0.15) is 17.3 Å². The molecule has 2 aromatic carbocycles. The molecular weight excluding hydrogens is 290 g/mol. The van der Waals surface area contributed by atoms with Crippen LogP contribution < -0.4 is 15.2 Å². The minimum Gasteiger partial charge on any atom is -0.497 e. The van der Waals surface area contributed by atoms with Crippen LogP contribution in [0.3, 0.4) is 0 Å². The summed E-state index contributed by atoms with van der Waals surface area (Å²) >= 11 is 0. The van der Waals surface area contributed by atoms with Crippen molar-refractivity contribution >= 4 is 5.69 Å². The molecule has 112 valence electrons. The molecule has 0 amide bonds. The number of ether oxygens (including phenoxy) is 2. The predicted octanol–water partition coefficient (Wildman–Crippen LogP) is 3.98. The quantitative estimate of drug-likeness (QED) is 0.689. The van der Waals surface area contributed by atoms with E-state index in [1.54, 1.807) is 0 Å². The first-order valence-electron chi connectivity index (χ1n) is 5.79. The molecule has 0 radical (unpaired) electrons. The molecule has 21 heavy (non-hydrogen) atoms. The normalized spacial score (nSPS) is 11.3. The fourth-order valence-electron chi connectivity index (χ4n) is 1.81. The van der Waals surface area contributed by atoms with Crippen molar-refractivity contribution in [1.29, 1.82) is 0 Å². The van der Waals surface area contributed by atoms with Gasteiger partial charge in [0.05, 0.1) is 7.11 Å². The summed E-state index contributed by atoms with van der Waals surface area (Å²) in [7, 11) is 1.38. The van der Waals surface area contributed by atoms with E-state index in [4.69, 9.17) is 10.5 Å². The molecule has 3 nitrogen and oxygen atoms in total. The molecule has 0 spiro atoms. The fourth-order valence-corrected chi connectivity index (χ4v) is 1.81. The van der Waals surface area contributed by atoms with E-state index in [9.17, 15) is 17.6 Å². The Morgan fingerprint density at radius 2 is 1.62 bits per heavy atom. The summed E-state index contributed by atoms with van der Waals surface area (Å²) < 4.78 is 59.3. The first kappa shape index (κ1) is 15.0. The number of anilines is 1. The Hall–Kier alpha value is -2.44. The van der Waals surface area contributed by atoms with Gasteiger partial charge in [-0.1, -0.05) is 0 Å². The Kier molecular flexibility index (Phi) is 3.93. The average Bonchev–Trinajstić information content (AvgIpc) is 2.39. The van der Waals surface area contributed by atoms with Gasteiger partial charge in [0.15, 0.2) is 0 Å². The van der Waals surface area contributed by atoms with Crippen LogP contribution in [-0.4, -0.2) is 13.5 Å². The Morgan fingerprint density at radius 3 is 2.19 bits per heavy atom. The van der Waals surface area contributed by atoms with Gasteiger partial charge >= 0.3 is 6.36 Å². The summed E-state index contributed by atoms with van der Waals surface area (Å²) in [6.45, 7) is 0. The summed E-state index contributed by atoms with van der Waals surface area (Å²) in [5, 5.41) is 0. The Bertz CT molecular complexity index is 656. The van der Waals surface area contributed by atoms with Gasteiger partial charge in [0.2, 0.25) is 0 Å². The fraction of sp³-hybridized carbons (Fsp3) is 0.143. The van der Waals surface area contributed by atoms with Crippen molar-refractivity contribution in [2.24, 2.45) is 0 Å². The van der Waals surface area contributed by atoms with E-state index in [0.29, 0.717) is 0 Å². The van der Waals surface area contributed by atoms with E-state index >= 15 is 0 Å². The molecule has 0 saturated carbocycles. The predicted molar refractivity (Wildman–Crippen MR) is 69.5 cm³/mol. The third kappa shape index (κ3) is 3.56. The molecule has 0 aliphatic rings. The molecule has 0 aliphatic carbocycles. The van der Waals surface area contributed by atoms with E-state index in [2.05, 4.69) is 4.74 Å². The second kappa shape index (κ2) is 5.51. The standard InChI is InChI=1S/C14H11F4NO2/c1-20-8-2-4-10(12(15)7-8)11-6-9(3-5-13(11)19)21-14(16,17)18/h2-7H,19H2,1H3. The molecule has 0 aliphatic heterocycles. The van der Waals surface area contributed by atoms with Crippen LogP contribution in [0.15, 0.2) is 36.4 Å². The van der Waals surface area contributed by atoms with Crippen LogP contribution in [0.5, 0.6) is 11.5 Å². The lowest BCUT2D eigenvalue weighted by Crippen LogP contribution is -2.17. The van der Waals surface area contributed by atoms with Crippen LogP contribution >= 0.6 is 0 Å². The number of benzene rings is 2. The Balaban J connectivity index is 2.46. The Labute approximate surface area is 117 Å². The van der Waals surface area contributed by atoms with Crippen molar-refractivity contribution in [3.63, 3.8) is 0 Å². The largest absolute Gasteiger partial charge is 0.573 e. The second-order valence-electron chi connectivity index (χ2n) is 4.14. The second-order valence-corrected chi connectivity index (χ2v) is 4.14. The van der Waals surface area contributed by atoms with Crippen LogP contribution in [0.4, 0.5) is 23.2 Å². The maximum absolute atomic E-state index is 14.0. The molecule has 0 bridgehead atoms. The molecule has 2 rings (SSSR count). The summed E-state index contributed by atoms with van der Waals surface area (Å²) in [5.74, 6) is -0.843. The van der Waals surface area contributed by atoms with Gasteiger partial charge < -0.3 is 15.2 Å². The summed E-state index contributed by atoms with van der Waals surface area (Å²) in [6.07, 6.45) is -4.83. The van der Waals surface area contributed by atoms with Crippen LogP contribution in [0.25, 0.3) is 11.1 Å². The van der Waals surface area contributed by atoms with Crippen molar-refractivity contribution in [1.82, 2.24) is 0 Å². The highest BCUT2D eigenvalue weighted by molar-refractivity contribution is 5.78. The Morgan fingerprint density at radius 1 is 0.952 bits per heavy atom. The first-order valence-corrected chi connectivity index (χ1v) is 5.79. The molecule has 0 heterocycles. The number of halogens is 4. The molecule has 0 atom stereocenters. The first-order chi connectivity index (χ1) is 9.80. The molecule has 2 aromatic rings. The van der Waals surface area contributed by atoms with Gasteiger partial charge in [-0.15, -0.1) is 13.2 Å². The minimum atomic E-state index is -4.83. The van der Waals surface area contributed by atoms with Gasteiger partial charge in [-0.3, -0.25) is 0 Å². The highest BCUT2D eigenvalue weighted by Gasteiger charge is 2.31. The number of nitrogens with two attached hydrogens (primary N) is 1. The SMILES string of the molecule is COc1ccc(-c2cc(OC(F)(F)F)ccc2N)c(F)c1. The highest BCUT2D eigenvalue weighted by Crippen LogP contribution is 2.34. The van der Waals surface area contributed by atoms with Crippen molar-refractivity contribution in [2.45, 2.75) is 6.36 Å².